The molecule has 0 unspecified atom stereocenters. The van der Waals surface area contributed by atoms with Gasteiger partial charge in [-0.2, -0.15) is 0 Å². The highest BCUT2D eigenvalue weighted by Crippen LogP contribution is 2.35. The van der Waals surface area contributed by atoms with Gasteiger partial charge in [-0.3, -0.25) is 0 Å². The fourth-order valence-corrected chi connectivity index (χ4v) is 4.47. The first kappa shape index (κ1) is 14.3. The van der Waals surface area contributed by atoms with Crippen LogP contribution in [-0.2, 0) is 6.54 Å². The summed E-state index contributed by atoms with van der Waals surface area (Å²) < 4.78 is 0. The van der Waals surface area contributed by atoms with Crippen molar-refractivity contribution in [1.82, 2.24) is 10.2 Å². The molecule has 0 bridgehead atoms. The minimum Gasteiger partial charge on any atom is -0.310 e. The molecule has 1 aliphatic carbocycles. The Hall–Kier alpha value is -0.680. The summed E-state index contributed by atoms with van der Waals surface area (Å²) in [7, 11) is 4.42. The number of likely N-dealkylation sites (N-methyl/N-ethyl adjacent to an activating group) is 1. The van der Waals surface area contributed by atoms with Gasteiger partial charge in [0.15, 0.2) is 0 Å². The SMILES string of the molecule is CN(C)C1(CNCc2cc(-c3cccs3)cs2)CCC1. The summed E-state index contributed by atoms with van der Waals surface area (Å²) in [4.78, 5) is 5.20. The highest BCUT2D eigenvalue weighted by molar-refractivity contribution is 7.14. The molecule has 4 heteroatoms. The van der Waals surface area contributed by atoms with Gasteiger partial charge in [0.25, 0.3) is 0 Å². The van der Waals surface area contributed by atoms with E-state index in [0.29, 0.717) is 5.54 Å². The average Bonchev–Trinajstić information content (AvgIpc) is 3.02. The van der Waals surface area contributed by atoms with Crippen LogP contribution >= 0.6 is 22.7 Å². The van der Waals surface area contributed by atoms with E-state index >= 15 is 0 Å². The maximum Gasteiger partial charge on any atom is 0.0351 e. The second kappa shape index (κ2) is 5.98. The first-order valence-corrected chi connectivity index (χ1v) is 8.95. The molecular weight excluding hydrogens is 284 g/mol. The highest BCUT2D eigenvalue weighted by Gasteiger charge is 2.38. The summed E-state index contributed by atoms with van der Waals surface area (Å²) >= 11 is 3.68. The fraction of sp³-hybridized carbons (Fsp3) is 0.500. The van der Waals surface area contributed by atoms with Gasteiger partial charge in [-0.25, -0.2) is 0 Å². The Morgan fingerprint density at radius 2 is 2.15 bits per heavy atom. The number of nitrogens with zero attached hydrogens (tertiary/aromatic N) is 1. The third-order valence-corrected chi connectivity index (χ3v) is 6.30. The molecule has 0 amide bonds. The maximum absolute atomic E-state index is 3.66. The lowest BCUT2D eigenvalue weighted by molar-refractivity contribution is 0.0599. The summed E-state index contributed by atoms with van der Waals surface area (Å²) in [5.74, 6) is 0. The Kier molecular flexibility index (Phi) is 4.26. The van der Waals surface area contributed by atoms with E-state index in [0.717, 1.165) is 13.1 Å². The molecule has 0 saturated heterocycles. The summed E-state index contributed by atoms with van der Waals surface area (Å²) in [6.45, 7) is 2.10. The van der Waals surface area contributed by atoms with Crippen LogP contribution < -0.4 is 5.32 Å². The largest absolute Gasteiger partial charge is 0.310 e. The summed E-state index contributed by atoms with van der Waals surface area (Å²) in [6, 6.07) is 6.64. The molecule has 1 saturated carbocycles. The van der Waals surface area contributed by atoms with E-state index in [1.54, 1.807) is 0 Å². The summed E-state index contributed by atoms with van der Waals surface area (Å²) in [5, 5.41) is 8.07. The molecule has 0 radical (unpaired) electrons. The first-order chi connectivity index (χ1) is 9.70. The van der Waals surface area contributed by atoms with Crippen LogP contribution in [0.4, 0.5) is 0 Å². The van der Waals surface area contributed by atoms with Gasteiger partial charge >= 0.3 is 0 Å². The molecule has 0 atom stereocenters. The van der Waals surface area contributed by atoms with Crippen molar-refractivity contribution in [3.05, 3.63) is 33.8 Å². The van der Waals surface area contributed by atoms with E-state index in [1.807, 2.05) is 22.7 Å². The molecule has 0 spiro atoms. The summed E-state index contributed by atoms with van der Waals surface area (Å²) in [6.07, 6.45) is 4.04. The lowest BCUT2D eigenvalue weighted by Gasteiger charge is -2.47. The second-order valence-electron chi connectivity index (χ2n) is 5.85. The predicted molar refractivity (Wildman–Crippen MR) is 89.6 cm³/mol. The molecule has 0 aromatic carbocycles. The van der Waals surface area contributed by atoms with Gasteiger partial charge in [-0.15, -0.1) is 22.7 Å². The Labute approximate surface area is 129 Å². The zero-order chi connectivity index (χ0) is 14.0. The Bertz CT molecular complexity index is 539. The van der Waals surface area contributed by atoms with Crippen molar-refractivity contribution < 1.29 is 0 Å². The third-order valence-electron chi connectivity index (χ3n) is 4.45. The number of thiophene rings is 2. The first-order valence-electron chi connectivity index (χ1n) is 7.19. The molecule has 1 N–H and O–H groups in total. The molecular formula is C16H22N2S2. The van der Waals surface area contributed by atoms with Crippen molar-refractivity contribution >= 4 is 22.7 Å². The van der Waals surface area contributed by atoms with Crippen LogP contribution in [0.5, 0.6) is 0 Å². The normalized spacial score (nSPS) is 17.4. The van der Waals surface area contributed by atoms with Gasteiger partial charge in [0.05, 0.1) is 0 Å². The minimum absolute atomic E-state index is 0.411. The molecule has 1 fully saturated rings. The second-order valence-corrected chi connectivity index (χ2v) is 7.80. The van der Waals surface area contributed by atoms with Gasteiger partial charge < -0.3 is 10.2 Å². The van der Waals surface area contributed by atoms with E-state index in [1.165, 1.54) is 34.6 Å². The molecule has 2 aromatic rings. The number of hydrogen-bond donors (Lipinski definition) is 1. The van der Waals surface area contributed by atoms with Crippen molar-refractivity contribution in [2.75, 3.05) is 20.6 Å². The van der Waals surface area contributed by atoms with E-state index in [9.17, 15) is 0 Å². The van der Waals surface area contributed by atoms with Crippen molar-refractivity contribution in [3.63, 3.8) is 0 Å². The topological polar surface area (TPSA) is 15.3 Å². The van der Waals surface area contributed by atoms with Crippen LogP contribution in [0.15, 0.2) is 29.0 Å². The highest BCUT2D eigenvalue weighted by atomic mass is 32.1. The van der Waals surface area contributed by atoms with Crippen LogP contribution in [0, 0.1) is 0 Å². The minimum atomic E-state index is 0.411. The van der Waals surface area contributed by atoms with E-state index in [2.05, 4.69) is 53.3 Å². The van der Waals surface area contributed by atoms with Crippen molar-refractivity contribution in [2.45, 2.75) is 31.3 Å². The third kappa shape index (κ3) is 2.84. The average molecular weight is 307 g/mol. The smallest absolute Gasteiger partial charge is 0.0351 e. The quantitative estimate of drug-likeness (QED) is 0.866. The molecule has 2 aromatic heterocycles. The fourth-order valence-electron chi connectivity index (χ4n) is 2.83. The van der Waals surface area contributed by atoms with Crippen LogP contribution in [0.2, 0.25) is 0 Å². The number of rotatable bonds is 6. The molecule has 108 valence electrons. The van der Waals surface area contributed by atoms with Crippen LogP contribution in [-0.4, -0.2) is 31.1 Å². The van der Waals surface area contributed by atoms with Crippen molar-refractivity contribution in [1.29, 1.82) is 0 Å². The molecule has 3 rings (SSSR count). The van der Waals surface area contributed by atoms with Crippen molar-refractivity contribution in [2.24, 2.45) is 0 Å². The van der Waals surface area contributed by atoms with E-state index < -0.39 is 0 Å². The van der Waals surface area contributed by atoms with Crippen LogP contribution in [0.25, 0.3) is 10.4 Å². The number of hydrogen-bond acceptors (Lipinski definition) is 4. The Morgan fingerprint density at radius 3 is 2.75 bits per heavy atom. The van der Waals surface area contributed by atoms with Crippen molar-refractivity contribution in [3.8, 4) is 10.4 Å². The molecule has 2 heterocycles. The lowest BCUT2D eigenvalue weighted by Crippen LogP contribution is -2.56. The molecule has 0 aliphatic heterocycles. The monoisotopic (exact) mass is 306 g/mol. The van der Waals surface area contributed by atoms with E-state index in [4.69, 9.17) is 0 Å². The van der Waals surface area contributed by atoms with Gasteiger partial charge in [-0.05, 0) is 56.3 Å². The van der Waals surface area contributed by atoms with Crippen LogP contribution in [0.3, 0.4) is 0 Å². The molecule has 1 aliphatic rings. The van der Waals surface area contributed by atoms with Gasteiger partial charge in [0.2, 0.25) is 0 Å². The standard InChI is InChI=1S/C16H22N2S2/c1-18(2)16(6-4-7-16)12-17-10-14-9-13(11-20-14)15-5-3-8-19-15/h3,5,8-9,11,17H,4,6-7,10,12H2,1-2H3. The Balaban J connectivity index is 1.54. The predicted octanol–water partition coefficient (Wildman–Crippen LogP) is 4.05. The lowest BCUT2D eigenvalue weighted by atomic mass is 9.75. The molecule has 20 heavy (non-hydrogen) atoms. The Morgan fingerprint density at radius 1 is 1.30 bits per heavy atom. The van der Waals surface area contributed by atoms with Gasteiger partial charge in [0, 0.05) is 33.9 Å². The zero-order valence-corrected chi connectivity index (χ0v) is 13.8. The number of nitrogens with one attached hydrogen (secondary N) is 1. The summed E-state index contributed by atoms with van der Waals surface area (Å²) in [5.41, 5.74) is 1.78. The zero-order valence-electron chi connectivity index (χ0n) is 12.2. The maximum atomic E-state index is 3.66. The van der Waals surface area contributed by atoms with E-state index in [-0.39, 0.29) is 0 Å². The van der Waals surface area contributed by atoms with Gasteiger partial charge in [0.1, 0.15) is 0 Å². The van der Waals surface area contributed by atoms with Gasteiger partial charge in [-0.1, -0.05) is 6.07 Å². The van der Waals surface area contributed by atoms with Crippen LogP contribution in [0.1, 0.15) is 24.1 Å². The molecule has 2 nitrogen and oxygen atoms in total.